The molecule has 0 saturated carbocycles. The summed E-state index contributed by atoms with van der Waals surface area (Å²) in [6, 6.07) is 8.12. The van der Waals surface area contributed by atoms with Crippen molar-refractivity contribution in [3.8, 4) is 5.75 Å². The monoisotopic (exact) mass is 448 g/mol. The molecular weight excluding hydrogens is 415 g/mol. The molecule has 138 valence electrons. The minimum atomic E-state index is 0. The number of hydrogen-bond acceptors (Lipinski definition) is 3. The number of unbranched alkanes of at least 4 members (excludes halogenated alkanes) is 1. The lowest BCUT2D eigenvalue weighted by Crippen LogP contribution is -2.41. The number of guanidine groups is 1. The fourth-order valence-electron chi connectivity index (χ4n) is 2.35. The van der Waals surface area contributed by atoms with E-state index in [9.17, 15) is 0 Å². The third-order valence-electron chi connectivity index (χ3n) is 3.78. The molecule has 0 spiro atoms. The Kier molecular flexibility index (Phi) is 13.7. The van der Waals surface area contributed by atoms with Crippen LogP contribution >= 0.6 is 24.0 Å². The smallest absolute Gasteiger partial charge is 0.191 e. The van der Waals surface area contributed by atoms with E-state index in [4.69, 9.17) is 4.74 Å². The third kappa shape index (κ3) is 9.32. The highest BCUT2D eigenvalue weighted by molar-refractivity contribution is 14.0. The predicted molar refractivity (Wildman–Crippen MR) is 114 cm³/mol. The summed E-state index contributed by atoms with van der Waals surface area (Å²) in [6.45, 7) is 6.12. The molecule has 0 amide bonds. The van der Waals surface area contributed by atoms with Gasteiger partial charge in [0.25, 0.3) is 0 Å². The summed E-state index contributed by atoms with van der Waals surface area (Å²) in [4.78, 5) is 6.61. The van der Waals surface area contributed by atoms with E-state index in [0.717, 1.165) is 44.3 Å². The molecule has 6 heteroatoms. The van der Waals surface area contributed by atoms with Gasteiger partial charge in [0.1, 0.15) is 5.75 Å². The van der Waals surface area contributed by atoms with Gasteiger partial charge in [0, 0.05) is 26.7 Å². The van der Waals surface area contributed by atoms with Gasteiger partial charge in [0.15, 0.2) is 5.96 Å². The highest BCUT2D eigenvalue weighted by Gasteiger charge is 2.03. The first-order valence-corrected chi connectivity index (χ1v) is 8.46. The molecule has 0 aliphatic rings. The molecule has 0 aromatic heterocycles. The number of nitrogens with one attached hydrogen (secondary N) is 2. The van der Waals surface area contributed by atoms with E-state index in [0.29, 0.717) is 0 Å². The number of methoxy groups -OCH3 is 1. The maximum absolute atomic E-state index is 5.37. The molecule has 0 bridgehead atoms. The summed E-state index contributed by atoms with van der Waals surface area (Å²) >= 11 is 0. The number of ether oxygens (including phenoxy) is 1. The zero-order chi connectivity index (χ0) is 16.9. The molecule has 0 unspecified atom stereocenters. The van der Waals surface area contributed by atoms with Crippen molar-refractivity contribution in [1.82, 2.24) is 15.5 Å². The Bertz CT molecular complexity index is 468. The molecule has 0 saturated heterocycles. The highest BCUT2D eigenvalue weighted by Crippen LogP contribution is 2.17. The van der Waals surface area contributed by atoms with Gasteiger partial charge in [-0.2, -0.15) is 0 Å². The first-order chi connectivity index (χ1) is 11.2. The van der Waals surface area contributed by atoms with Gasteiger partial charge in [-0.1, -0.05) is 31.5 Å². The summed E-state index contributed by atoms with van der Waals surface area (Å²) in [6.07, 6.45) is 3.40. The molecule has 1 aromatic carbocycles. The predicted octanol–water partition coefficient (Wildman–Crippen LogP) is 2.75. The summed E-state index contributed by atoms with van der Waals surface area (Å²) in [5.74, 6) is 1.79. The summed E-state index contributed by atoms with van der Waals surface area (Å²) in [5, 5.41) is 6.71. The fraction of sp³-hybridized carbons (Fsp3) is 0.611. The van der Waals surface area contributed by atoms with Crippen LogP contribution in [0, 0.1) is 0 Å². The topological polar surface area (TPSA) is 48.9 Å². The van der Waals surface area contributed by atoms with Crippen molar-refractivity contribution in [2.45, 2.75) is 26.2 Å². The molecule has 0 atom stereocenters. The zero-order valence-corrected chi connectivity index (χ0v) is 17.8. The molecule has 1 aromatic rings. The van der Waals surface area contributed by atoms with Crippen LogP contribution in [0.1, 0.15) is 25.3 Å². The van der Waals surface area contributed by atoms with Crippen LogP contribution in [0.5, 0.6) is 5.75 Å². The number of rotatable bonds is 10. The minimum Gasteiger partial charge on any atom is -0.496 e. The number of likely N-dealkylation sites (N-methyl/N-ethyl adjacent to an activating group) is 1. The van der Waals surface area contributed by atoms with Gasteiger partial charge in [-0.15, -0.1) is 24.0 Å². The van der Waals surface area contributed by atoms with Crippen LogP contribution in [0.15, 0.2) is 29.3 Å². The van der Waals surface area contributed by atoms with Crippen LogP contribution in [0.2, 0.25) is 0 Å². The lowest BCUT2D eigenvalue weighted by atomic mass is 10.1. The second kappa shape index (κ2) is 14.3. The molecular formula is C18H33IN4O. The summed E-state index contributed by atoms with van der Waals surface area (Å²) < 4.78 is 5.37. The molecule has 1 rings (SSSR count). The van der Waals surface area contributed by atoms with Gasteiger partial charge in [0.05, 0.1) is 7.11 Å². The molecule has 2 N–H and O–H groups in total. The van der Waals surface area contributed by atoms with Crippen LogP contribution in [-0.4, -0.2) is 58.2 Å². The Hall–Kier alpha value is -1.02. The van der Waals surface area contributed by atoms with E-state index in [2.05, 4.69) is 40.6 Å². The van der Waals surface area contributed by atoms with Crippen LogP contribution in [-0.2, 0) is 6.42 Å². The Labute approximate surface area is 164 Å². The number of benzene rings is 1. The molecule has 0 radical (unpaired) electrons. The first-order valence-electron chi connectivity index (χ1n) is 8.46. The fourth-order valence-corrected chi connectivity index (χ4v) is 2.35. The first kappa shape index (κ1) is 23.0. The number of nitrogens with zero attached hydrogens (tertiary/aromatic N) is 2. The van der Waals surface area contributed by atoms with Crippen molar-refractivity contribution in [1.29, 1.82) is 0 Å². The molecule has 0 heterocycles. The van der Waals surface area contributed by atoms with Gasteiger partial charge in [-0.05, 0) is 38.1 Å². The molecule has 5 nitrogen and oxygen atoms in total. The van der Waals surface area contributed by atoms with Crippen LogP contribution in [0.25, 0.3) is 0 Å². The van der Waals surface area contributed by atoms with Crippen molar-refractivity contribution < 1.29 is 4.74 Å². The average molecular weight is 448 g/mol. The number of halogens is 1. The standard InChI is InChI=1S/C18H32N4O.HI/c1-5-6-14-22(3)15-13-21-18(19-2)20-12-11-16-9-7-8-10-17(16)23-4;/h7-10H,5-6,11-15H2,1-4H3,(H2,19,20,21);1H. The van der Waals surface area contributed by atoms with E-state index < -0.39 is 0 Å². The van der Waals surface area contributed by atoms with E-state index in [1.54, 1.807) is 14.2 Å². The maximum Gasteiger partial charge on any atom is 0.191 e. The van der Waals surface area contributed by atoms with Gasteiger partial charge >= 0.3 is 0 Å². The van der Waals surface area contributed by atoms with E-state index in [1.165, 1.54) is 18.4 Å². The van der Waals surface area contributed by atoms with Crippen LogP contribution in [0.4, 0.5) is 0 Å². The van der Waals surface area contributed by atoms with E-state index in [-0.39, 0.29) is 24.0 Å². The van der Waals surface area contributed by atoms with Crippen molar-refractivity contribution in [2.75, 3.05) is 47.4 Å². The van der Waals surface area contributed by atoms with Gasteiger partial charge in [-0.25, -0.2) is 0 Å². The van der Waals surface area contributed by atoms with E-state index in [1.807, 2.05) is 18.2 Å². The van der Waals surface area contributed by atoms with Gasteiger partial charge < -0.3 is 20.3 Å². The van der Waals surface area contributed by atoms with Crippen LogP contribution in [0.3, 0.4) is 0 Å². The van der Waals surface area contributed by atoms with Crippen LogP contribution < -0.4 is 15.4 Å². The lowest BCUT2D eigenvalue weighted by molar-refractivity contribution is 0.332. The second-order valence-electron chi connectivity index (χ2n) is 5.64. The Morgan fingerprint density at radius 1 is 1.17 bits per heavy atom. The quantitative estimate of drug-likeness (QED) is 0.329. The Morgan fingerprint density at radius 3 is 2.54 bits per heavy atom. The Morgan fingerprint density at radius 2 is 1.88 bits per heavy atom. The number of hydrogen-bond donors (Lipinski definition) is 2. The zero-order valence-electron chi connectivity index (χ0n) is 15.5. The van der Waals surface area contributed by atoms with E-state index >= 15 is 0 Å². The molecule has 0 aliphatic heterocycles. The maximum atomic E-state index is 5.37. The number of para-hydroxylation sites is 1. The SMILES string of the molecule is CCCCN(C)CCNC(=NC)NCCc1ccccc1OC.I. The van der Waals surface area contributed by atoms with Crippen molar-refractivity contribution in [2.24, 2.45) is 4.99 Å². The highest BCUT2D eigenvalue weighted by atomic mass is 127. The molecule has 0 fully saturated rings. The molecule has 0 aliphatic carbocycles. The van der Waals surface area contributed by atoms with Crippen molar-refractivity contribution >= 4 is 29.9 Å². The normalized spacial score (nSPS) is 11.1. The van der Waals surface area contributed by atoms with Crippen molar-refractivity contribution in [3.63, 3.8) is 0 Å². The minimum absolute atomic E-state index is 0. The third-order valence-corrected chi connectivity index (χ3v) is 3.78. The van der Waals surface area contributed by atoms with Gasteiger partial charge in [-0.3, -0.25) is 4.99 Å². The summed E-state index contributed by atoms with van der Waals surface area (Å²) in [7, 11) is 5.68. The largest absolute Gasteiger partial charge is 0.496 e. The Balaban J connectivity index is 0.00000529. The second-order valence-corrected chi connectivity index (χ2v) is 5.64. The van der Waals surface area contributed by atoms with Gasteiger partial charge in [0.2, 0.25) is 0 Å². The van der Waals surface area contributed by atoms with Crippen molar-refractivity contribution in [3.05, 3.63) is 29.8 Å². The summed E-state index contributed by atoms with van der Waals surface area (Å²) in [5.41, 5.74) is 1.21. The average Bonchev–Trinajstić information content (AvgIpc) is 2.58. The lowest BCUT2D eigenvalue weighted by Gasteiger charge is -2.18. The molecule has 24 heavy (non-hydrogen) atoms. The number of aliphatic imine (C=N–C) groups is 1.